The molecular formula is C12H21N3. The Bertz CT molecular complexity index is 300. The van der Waals surface area contributed by atoms with Gasteiger partial charge in [-0.05, 0) is 17.5 Å². The predicted molar refractivity (Wildman–Crippen MR) is 63.1 cm³/mol. The van der Waals surface area contributed by atoms with Crippen LogP contribution in [0.15, 0.2) is 18.5 Å². The van der Waals surface area contributed by atoms with Crippen LogP contribution in [0.2, 0.25) is 0 Å². The van der Waals surface area contributed by atoms with Crippen LogP contribution >= 0.6 is 0 Å². The second-order valence-corrected chi connectivity index (χ2v) is 4.56. The minimum atomic E-state index is 0.643. The smallest absolute Gasteiger partial charge is 0.0108 e. The summed E-state index contributed by atoms with van der Waals surface area (Å²) < 4.78 is 2.13. The first kappa shape index (κ1) is 10.7. The number of nitrogens with zero attached hydrogens (tertiary/aromatic N) is 2. The average molecular weight is 207 g/mol. The Kier molecular flexibility index (Phi) is 3.44. The van der Waals surface area contributed by atoms with E-state index in [1.807, 2.05) is 0 Å². The van der Waals surface area contributed by atoms with Gasteiger partial charge in [0, 0.05) is 52.2 Å². The molecule has 1 N–H and O–H groups in total. The molecule has 0 saturated carbocycles. The SMILES string of the molecule is CC(CN1CCNCC1)c1ccn(C)c1. The molecule has 0 radical (unpaired) electrons. The molecule has 15 heavy (non-hydrogen) atoms. The van der Waals surface area contributed by atoms with E-state index in [-0.39, 0.29) is 0 Å². The molecule has 0 aromatic carbocycles. The van der Waals surface area contributed by atoms with Crippen molar-refractivity contribution in [2.75, 3.05) is 32.7 Å². The van der Waals surface area contributed by atoms with Crippen molar-refractivity contribution < 1.29 is 0 Å². The summed E-state index contributed by atoms with van der Waals surface area (Å²) >= 11 is 0. The van der Waals surface area contributed by atoms with Crippen LogP contribution in [0.1, 0.15) is 18.4 Å². The summed E-state index contributed by atoms with van der Waals surface area (Å²) in [5.74, 6) is 0.643. The zero-order valence-electron chi connectivity index (χ0n) is 9.74. The van der Waals surface area contributed by atoms with Gasteiger partial charge in [0.1, 0.15) is 0 Å². The summed E-state index contributed by atoms with van der Waals surface area (Å²) in [7, 11) is 2.08. The lowest BCUT2D eigenvalue weighted by Crippen LogP contribution is -2.44. The van der Waals surface area contributed by atoms with Gasteiger partial charge in [0.25, 0.3) is 0 Å². The number of nitrogens with one attached hydrogen (secondary N) is 1. The zero-order chi connectivity index (χ0) is 10.7. The average Bonchev–Trinajstić information content (AvgIpc) is 2.66. The normalized spacial score (nSPS) is 20.4. The van der Waals surface area contributed by atoms with Gasteiger partial charge in [-0.2, -0.15) is 0 Å². The molecule has 0 amide bonds. The Morgan fingerprint density at radius 2 is 2.13 bits per heavy atom. The third-order valence-electron chi connectivity index (χ3n) is 3.17. The summed E-state index contributed by atoms with van der Waals surface area (Å²) in [4.78, 5) is 2.55. The van der Waals surface area contributed by atoms with E-state index < -0.39 is 0 Å². The van der Waals surface area contributed by atoms with Crippen LogP contribution < -0.4 is 5.32 Å². The quantitative estimate of drug-likeness (QED) is 0.799. The Balaban J connectivity index is 1.88. The maximum atomic E-state index is 3.39. The molecule has 3 nitrogen and oxygen atoms in total. The maximum absolute atomic E-state index is 3.39. The highest BCUT2D eigenvalue weighted by Crippen LogP contribution is 2.16. The standard InChI is InChI=1S/C12H21N3/c1-11(12-3-6-14(2)10-12)9-15-7-4-13-5-8-15/h3,6,10-11,13H,4-5,7-9H2,1-2H3. The molecule has 2 rings (SSSR count). The molecule has 0 aliphatic carbocycles. The second kappa shape index (κ2) is 4.81. The van der Waals surface area contributed by atoms with Gasteiger partial charge in [0.05, 0.1) is 0 Å². The second-order valence-electron chi connectivity index (χ2n) is 4.56. The first-order valence-electron chi connectivity index (χ1n) is 5.80. The van der Waals surface area contributed by atoms with E-state index in [4.69, 9.17) is 0 Å². The zero-order valence-corrected chi connectivity index (χ0v) is 9.74. The molecule has 0 bridgehead atoms. The fourth-order valence-corrected chi connectivity index (χ4v) is 2.20. The van der Waals surface area contributed by atoms with Crippen LogP contribution in [0, 0.1) is 0 Å². The van der Waals surface area contributed by atoms with Gasteiger partial charge in [0.15, 0.2) is 0 Å². The van der Waals surface area contributed by atoms with E-state index in [2.05, 4.69) is 47.2 Å². The number of aromatic nitrogens is 1. The molecule has 1 aliphatic heterocycles. The summed E-state index contributed by atoms with van der Waals surface area (Å²) in [5.41, 5.74) is 1.45. The fourth-order valence-electron chi connectivity index (χ4n) is 2.20. The highest BCUT2D eigenvalue weighted by molar-refractivity contribution is 5.15. The van der Waals surface area contributed by atoms with Gasteiger partial charge in [-0.3, -0.25) is 0 Å². The van der Waals surface area contributed by atoms with Crippen LogP contribution in [0.5, 0.6) is 0 Å². The van der Waals surface area contributed by atoms with Crippen molar-refractivity contribution in [2.45, 2.75) is 12.8 Å². The van der Waals surface area contributed by atoms with Crippen molar-refractivity contribution in [2.24, 2.45) is 7.05 Å². The van der Waals surface area contributed by atoms with Crippen molar-refractivity contribution in [3.63, 3.8) is 0 Å². The molecule has 2 heterocycles. The number of aryl methyl sites for hydroxylation is 1. The molecule has 1 aromatic heterocycles. The number of hydrogen-bond donors (Lipinski definition) is 1. The lowest BCUT2D eigenvalue weighted by Gasteiger charge is -2.29. The van der Waals surface area contributed by atoms with Crippen molar-refractivity contribution in [3.8, 4) is 0 Å². The van der Waals surface area contributed by atoms with Crippen LogP contribution in [-0.4, -0.2) is 42.2 Å². The maximum Gasteiger partial charge on any atom is 0.0108 e. The summed E-state index contributed by atoms with van der Waals surface area (Å²) in [6.07, 6.45) is 4.36. The van der Waals surface area contributed by atoms with Crippen LogP contribution in [0.3, 0.4) is 0 Å². The fraction of sp³-hybridized carbons (Fsp3) is 0.667. The molecular weight excluding hydrogens is 186 g/mol. The Labute approximate surface area is 92.1 Å². The largest absolute Gasteiger partial charge is 0.357 e. The lowest BCUT2D eigenvalue weighted by molar-refractivity contribution is 0.230. The van der Waals surface area contributed by atoms with Crippen LogP contribution in [0.25, 0.3) is 0 Å². The molecule has 1 fully saturated rings. The van der Waals surface area contributed by atoms with E-state index in [0.29, 0.717) is 5.92 Å². The van der Waals surface area contributed by atoms with E-state index in [0.717, 1.165) is 13.1 Å². The van der Waals surface area contributed by atoms with Crippen molar-refractivity contribution in [1.82, 2.24) is 14.8 Å². The number of rotatable bonds is 3. The molecule has 1 unspecified atom stereocenters. The first-order chi connectivity index (χ1) is 7.25. The van der Waals surface area contributed by atoms with Gasteiger partial charge >= 0.3 is 0 Å². The minimum Gasteiger partial charge on any atom is -0.357 e. The Morgan fingerprint density at radius 3 is 2.73 bits per heavy atom. The molecule has 0 spiro atoms. The molecule has 84 valence electrons. The van der Waals surface area contributed by atoms with Crippen LogP contribution in [-0.2, 0) is 7.05 Å². The summed E-state index contributed by atoms with van der Waals surface area (Å²) in [6.45, 7) is 8.17. The first-order valence-corrected chi connectivity index (χ1v) is 5.80. The third-order valence-corrected chi connectivity index (χ3v) is 3.17. The molecule has 1 atom stereocenters. The van der Waals surface area contributed by atoms with E-state index in [9.17, 15) is 0 Å². The van der Waals surface area contributed by atoms with Gasteiger partial charge < -0.3 is 14.8 Å². The molecule has 1 aromatic rings. The third kappa shape index (κ3) is 2.83. The summed E-state index contributed by atoms with van der Waals surface area (Å²) in [6, 6.07) is 2.23. The predicted octanol–water partition coefficient (Wildman–Crippen LogP) is 1.03. The molecule has 1 saturated heterocycles. The lowest BCUT2D eigenvalue weighted by atomic mass is 10.0. The van der Waals surface area contributed by atoms with Crippen molar-refractivity contribution in [1.29, 1.82) is 0 Å². The minimum absolute atomic E-state index is 0.643. The highest BCUT2D eigenvalue weighted by Gasteiger charge is 2.14. The molecule has 3 heteroatoms. The van der Waals surface area contributed by atoms with Gasteiger partial charge in [-0.1, -0.05) is 6.92 Å². The highest BCUT2D eigenvalue weighted by atomic mass is 15.2. The summed E-state index contributed by atoms with van der Waals surface area (Å²) in [5, 5.41) is 3.39. The van der Waals surface area contributed by atoms with Gasteiger partial charge in [-0.15, -0.1) is 0 Å². The van der Waals surface area contributed by atoms with Crippen LogP contribution in [0.4, 0.5) is 0 Å². The van der Waals surface area contributed by atoms with Crippen molar-refractivity contribution in [3.05, 3.63) is 24.0 Å². The Morgan fingerprint density at radius 1 is 1.40 bits per heavy atom. The monoisotopic (exact) mass is 207 g/mol. The molecule has 1 aliphatic rings. The van der Waals surface area contributed by atoms with E-state index in [1.54, 1.807) is 0 Å². The van der Waals surface area contributed by atoms with E-state index >= 15 is 0 Å². The number of hydrogen-bond acceptors (Lipinski definition) is 2. The van der Waals surface area contributed by atoms with Crippen molar-refractivity contribution >= 4 is 0 Å². The van der Waals surface area contributed by atoms with E-state index in [1.165, 1.54) is 25.2 Å². The topological polar surface area (TPSA) is 20.2 Å². The van der Waals surface area contributed by atoms with Gasteiger partial charge in [-0.25, -0.2) is 0 Å². The number of piperazine rings is 1. The Hall–Kier alpha value is -0.800. The van der Waals surface area contributed by atoms with Gasteiger partial charge in [0.2, 0.25) is 0 Å².